The molecule has 0 aliphatic rings. The predicted molar refractivity (Wildman–Crippen MR) is 117 cm³/mol. The SMILES string of the molecule is CCCCCc1cc(-c2ccc3ccc4cccc5ccc2c3c45)cs1. The Hall–Kier alpha value is -2.38. The lowest BCUT2D eigenvalue weighted by Gasteiger charge is -2.13. The molecular formula is C25H22S. The van der Waals surface area contributed by atoms with E-state index in [0.717, 1.165) is 0 Å². The van der Waals surface area contributed by atoms with Crippen molar-refractivity contribution in [2.45, 2.75) is 32.6 Å². The van der Waals surface area contributed by atoms with Gasteiger partial charge in [-0.1, -0.05) is 74.4 Å². The fraction of sp³-hybridized carbons (Fsp3) is 0.200. The van der Waals surface area contributed by atoms with Crippen LogP contribution in [0.1, 0.15) is 31.1 Å². The van der Waals surface area contributed by atoms with E-state index in [0.29, 0.717) is 0 Å². The summed E-state index contributed by atoms with van der Waals surface area (Å²) in [7, 11) is 0. The van der Waals surface area contributed by atoms with Gasteiger partial charge < -0.3 is 0 Å². The summed E-state index contributed by atoms with van der Waals surface area (Å²) in [4.78, 5) is 1.51. The molecule has 0 radical (unpaired) electrons. The van der Waals surface area contributed by atoms with Gasteiger partial charge in [0.1, 0.15) is 0 Å². The van der Waals surface area contributed by atoms with Gasteiger partial charge in [0.15, 0.2) is 0 Å². The first-order valence-electron chi connectivity index (χ1n) is 9.59. The van der Waals surface area contributed by atoms with E-state index in [9.17, 15) is 0 Å². The maximum atomic E-state index is 2.41. The van der Waals surface area contributed by atoms with Crippen LogP contribution < -0.4 is 0 Å². The Morgan fingerprint density at radius 3 is 2.31 bits per heavy atom. The number of thiophene rings is 1. The number of benzene rings is 4. The highest BCUT2D eigenvalue weighted by molar-refractivity contribution is 7.10. The molecule has 26 heavy (non-hydrogen) atoms. The minimum atomic E-state index is 1.21. The largest absolute Gasteiger partial charge is 0.148 e. The van der Waals surface area contributed by atoms with Crippen LogP contribution in [0.25, 0.3) is 43.4 Å². The van der Waals surface area contributed by atoms with Crippen molar-refractivity contribution in [3.63, 3.8) is 0 Å². The number of rotatable bonds is 5. The molecule has 0 spiro atoms. The standard InChI is InChI=1S/C25H22S/c1-2-3-4-8-21-15-20(16-26-21)22-13-11-19-10-9-17-6-5-7-18-12-14-23(22)25(19)24(17)18/h5-7,9-16H,2-4,8H2,1H3. The van der Waals surface area contributed by atoms with Gasteiger partial charge in [0.05, 0.1) is 0 Å². The minimum absolute atomic E-state index is 1.21. The van der Waals surface area contributed by atoms with Crippen LogP contribution in [0.4, 0.5) is 0 Å². The van der Waals surface area contributed by atoms with E-state index < -0.39 is 0 Å². The molecule has 0 fully saturated rings. The van der Waals surface area contributed by atoms with E-state index in [1.807, 2.05) is 11.3 Å². The van der Waals surface area contributed by atoms with Gasteiger partial charge in [-0.2, -0.15) is 0 Å². The molecule has 0 amide bonds. The molecule has 5 rings (SSSR count). The Morgan fingerprint density at radius 1 is 0.769 bits per heavy atom. The Labute approximate surface area is 158 Å². The summed E-state index contributed by atoms with van der Waals surface area (Å²) in [5.74, 6) is 0. The molecule has 4 aromatic carbocycles. The Morgan fingerprint density at radius 2 is 1.50 bits per heavy atom. The van der Waals surface area contributed by atoms with Gasteiger partial charge in [-0.05, 0) is 67.7 Å². The molecule has 0 nitrogen and oxygen atoms in total. The number of unbranched alkanes of at least 4 members (excludes halogenated alkanes) is 2. The molecule has 0 N–H and O–H groups in total. The van der Waals surface area contributed by atoms with Crippen LogP contribution in [0.5, 0.6) is 0 Å². The van der Waals surface area contributed by atoms with Gasteiger partial charge >= 0.3 is 0 Å². The summed E-state index contributed by atoms with van der Waals surface area (Å²) in [5.41, 5.74) is 2.74. The van der Waals surface area contributed by atoms with Gasteiger partial charge in [-0.15, -0.1) is 11.3 Å². The predicted octanol–water partition coefficient (Wildman–Crippen LogP) is 8.05. The highest BCUT2D eigenvalue weighted by atomic mass is 32.1. The van der Waals surface area contributed by atoms with Crippen molar-refractivity contribution in [3.05, 3.63) is 70.9 Å². The fourth-order valence-electron chi connectivity index (χ4n) is 4.19. The summed E-state index contributed by atoms with van der Waals surface area (Å²) >= 11 is 1.91. The Balaban J connectivity index is 1.69. The maximum absolute atomic E-state index is 2.41. The van der Waals surface area contributed by atoms with Crippen molar-refractivity contribution in [3.8, 4) is 11.1 Å². The third-order valence-electron chi connectivity index (χ3n) is 5.52. The molecule has 1 heterocycles. The minimum Gasteiger partial charge on any atom is -0.148 e. The zero-order chi connectivity index (χ0) is 17.5. The molecule has 5 aromatic rings. The zero-order valence-electron chi connectivity index (χ0n) is 15.1. The highest BCUT2D eigenvalue weighted by Crippen LogP contribution is 2.40. The van der Waals surface area contributed by atoms with Crippen LogP contribution in [-0.2, 0) is 6.42 Å². The van der Waals surface area contributed by atoms with Crippen LogP contribution in [0.2, 0.25) is 0 Å². The molecule has 0 bridgehead atoms. The molecular weight excluding hydrogens is 332 g/mol. The lowest BCUT2D eigenvalue weighted by Crippen LogP contribution is -1.86. The first-order valence-corrected chi connectivity index (χ1v) is 10.5. The quantitative estimate of drug-likeness (QED) is 0.221. The van der Waals surface area contributed by atoms with Crippen molar-refractivity contribution >= 4 is 43.7 Å². The molecule has 0 saturated carbocycles. The molecule has 0 aliphatic heterocycles. The number of aryl methyl sites for hydroxylation is 1. The Kier molecular flexibility index (Phi) is 3.90. The number of hydrogen-bond acceptors (Lipinski definition) is 1. The number of hydrogen-bond donors (Lipinski definition) is 0. The zero-order valence-corrected chi connectivity index (χ0v) is 15.9. The van der Waals surface area contributed by atoms with Gasteiger partial charge in [0.2, 0.25) is 0 Å². The lowest BCUT2D eigenvalue weighted by atomic mass is 9.90. The fourth-order valence-corrected chi connectivity index (χ4v) is 5.12. The van der Waals surface area contributed by atoms with Gasteiger partial charge in [0.25, 0.3) is 0 Å². The van der Waals surface area contributed by atoms with Crippen molar-refractivity contribution in [2.75, 3.05) is 0 Å². The van der Waals surface area contributed by atoms with Crippen LogP contribution >= 0.6 is 11.3 Å². The second-order valence-electron chi connectivity index (χ2n) is 7.23. The van der Waals surface area contributed by atoms with Crippen molar-refractivity contribution in [1.82, 2.24) is 0 Å². The summed E-state index contributed by atoms with van der Waals surface area (Å²) in [6, 6.07) is 22.7. The second-order valence-corrected chi connectivity index (χ2v) is 8.22. The van der Waals surface area contributed by atoms with Gasteiger partial charge in [-0.3, -0.25) is 0 Å². The van der Waals surface area contributed by atoms with Gasteiger partial charge in [-0.25, -0.2) is 0 Å². The Bertz CT molecular complexity index is 1180. The molecule has 128 valence electrons. The first kappa shape index (κ1) is 15.8. The molecule has 0 aliphatic carbocycles. The van der Waals surface area contributed by atoms with E-state index in [-0.39, 0.29) is 0 Å². The molecule has 0 unspecified atom stereocenters. The van der Waals surface area contributed by atoms with E-state index in [4.69, 9.17) is 0 Å². The first-order chi connectivity index (χ1) is 12.8. The molecule has 1 heteroatoms. The van der Waals surface area contributed by atoms with E-state index >= 15 is 0 Å². The lowest BCUT2D eigenvalue weighted by molar-refractivity contribution is 0.723. The highest BCUT2D eigenvalue weighted by Gasteiger charge is 2.12. The topological polar surface area (TPSA) is 0 Å². The average Bonchev–Trinajstić information content (AvgIpc) is 3.15. The normalized spacial score (nSPS) is 11.9. The monoisotopic (exact) mass is 354 g/mol. The maximum Gasteiger partial charge on any atom is 0.00516 e. The summed E-state index contributed by atoms with van der Waals surface area (Å²) in [6.45, 7) is 2.27. The van der Waals surface area contributed by atoms with Crippen LogP contribution in [0, 0.1) is 0 Å². The molecule has 0 saturated heterocycles. The van der Waals surface area contributed by atoms with Crippen molar-refractivity contribution < 1.29 is 0 Å². The summed E-state index contributed by atoms with van der Waals surface area (Å²) in [5, 5.41) is 10.6. The third-order valence-corrected chi connectivity index (χ3v) is 6.52. The smallest absolute Gasteiger partial charge is 0.00516 e. The summed E-state index contributed by atoms with van der Waals surface area (Å²) < 4.78 is 0. The second kappa shape index (κ2) is 6.41. The average molecular weight is 355 g/mol. The molecule has 1 aromatic heterocycles. The van der Waals surface area contributed by atoms with E-state index in [2.05, 4.69) is 73.0 Å². The molecule has 0 atom stereocenters. The summed E-state index contributed by atoms with van der Waals surface area (Å²) in [6.07, 6.45) is 5.12. The van der Waals surface area contributed by atoms with E-state index in [1.54, 1.807) is 0 Å². The van der Waals surface area contributed by atoms with E-state index in [1.165, 1.54) is 74.0 Å². The van der Waals surface area contributed by atoms with Gasteiger partial charge in [0, 0.05) is 4.88 Å². The van der Waals surface area contributed by atoms with Crippen LogP contribution in [-0.4, -0.2) is 0 Å². The van der Waals surface area contributed by atoms with Crippen LogP contribution in [0.15, 0.2) is 66.0 Å². The third kappa shape index (κ3) is 2.50. The van der Waals surface area contributed by atoms with Crippen molar-refractivity contribution in [2.24, 2.45) is 0 Å². The van der Waals surface area contributed by atoms with Crippen LogP contribution in [0.3, 0.4) is 0 Å². The van der Waals surface area contributed by atoms with Crippen molar-refractivity contribution in [1.29, 1.82) is 0 Å².